The molecule has 2 heterocycles. The Hall–Kier alpha value is -5.12. The predicted octanol–water partition coefficient (Wildman–Crippen LogP) is 11.7. The van der Waals surface area contributed by atoms with E-state index in [0.717, 1.165) is 103 Å². The van der Waals surface area contributed by atoms with Gasteiger partial charge in [-0.15, -0.1) is 0 Å². The van der Waals surface area contributed by atoms with Crippen LogP contribution in [0, 0.1) is 0 Å². The van der Waals surface area contributed by atoms with Crippen molar-refractivity contribution in [2.75, 3.05) is 0 Å². The van der Waals surface area contributed by atoms with Gasteiger partial charge in [0, 0.05) is 22.9 Å². The molecule has 0 bridgehead atoms. The van der Waals surface area contributed by atoms with Gasteiger partial charge in [0.1, 0.15) is 17.2 Å². The van der Waals surface area contributed by atoms with Gasteiger partial charge < -0.3 is 20.4 Å². The van der Waals surface area contributed by atoms with E-state index >= 15 is 0 Å². The lowest BCUT2D eigenvalue weighted by molar-refractivity contribution is 0.333. The van der Waals surface area contributed by atoms with Crippen molar-refractivity contribution in [1.29, 1.82) is 0 Å². The Balaban J connectivity index is 1.51. The number of phenolic OH excluding ortho intramolecular Hbond substituents is 3. The van der Waals surface area contributed by atoms with E-state index in [2.05, 4.69) is 27.7 Å². The van der Waals surface area contributed by atoms with Crippen LogP contribution in [-0.4, -0.2) is 29.6 Å². The zero-order chi connectivity index (χ0) is 42.8. The van der Waals surface area contributed by atoms with Crippen molar-refractivity contribution in [3.05, 3.63) is 65.6 Å². The van der Waals surface area contributed by atoms with Gasteiger partial charge in [-0.25, -0.2) is 0 Å². The molecule has 10 heteroatoms. The number of aromatic nitrogens is 2. The number of phenols is 3. The van der Waals surface area contributed by atoms with Crippen molar-refractivity contribution < 1.29 is 20.4 Å². The molecule has 2 aromatic heterocycles. The summed E-state index contributed by atoms with van der Waals surface area (Å²) in [5.41, 5.74) is -2.42. The van der Waals surface area contributed by atoms with Crippen LogP contribution in [0.2, 0.25) is 0 Å². The molecule has 0 saturated heterocycles. The Morgan fingerprint density at radius 1 is 0.383 bits per heavy atom. The van der Waals surface area contributed by atoms with E-state index in [1.807, 2.05) is 0 Å². The molecule has 60 heavy (non-hydrogen) atoms. The summed E-state index contributed by atoms with van der Waals surface area (Å²) in [4.78, 5) is 58.3. The second-order valence-electron chi connectivity index (χ2n) is 17.4. The van der Waals surface area contributed by atoms with Gasteiger partial charge in [0.2, 0.25) is 5.88 Å². The first-order valence-electron chi connectivity index (χ1n) is 22.9. The highest BCUT2D eigenvalue weighted by atomic mass is 16.3. The van der Waals surface area contributed by atoms with E-state index in [0.29, 0.717) is 58.0 Å². The van der Waals surface area contributed by atoms with Crippen LogP contribution >= 0.6 is 0 Å². The average molecular weight is 819 g/mol. The number of hydrogen-bond donors (Lipinski definition) is 4. The van der Waals surface area contributed by atoms with Gasteiger partial charge in [0.05, 0.1) is 21.5 Å². The molecule has 0 spiro atoms. The molecule has 4 N–H and O–H groups in total. The highest BCUT2D eigenvalue weighted by Gasteiger charge is 2.31. The SMILES string of the molecule is CCCCCCC(CCCCCC)n1c(O)c2c(=O)cc3c4cc(O)c5c(=O)n(C(CCCCCC)CCCCCC)c(=O)c6c(O)cc(c7cc(O)c(c1=O)c2c73)c4c65. The largest absolute Gasteiger partial charge is 0.507 e. The normalized spacial score (nSPS) is 12.5. The summed E-state index contributed by atoms with van der Waals surface area (Å²) in [6.07, 6.45) is 18.1. The van der Waals surface area contributed by atoms with Gasteiger partial charge in [0.25, 0.3) is 16.7 Å². The molecule has 0 saturated carbocycles. The molecule has 0 fully saturated rings. The van der Waals surface area contributed by atoms with Gasteiger partial charge in [0.15, 0.2) is 5.43 Å². The second-order valence-corrected chi connectivity index (χ2v) is 17.4. The number of nitrogens with zero attached hydrogens (tertiary/aromatic N) is 2. The third-order valence-corrected chi connectivity index (χ3v) is 13.3. The Bertz CT molecular complexity index is 2800. The summed E-state index contributed by atoms with van der Waals surface area (Å²) >= 11 is 0. The fourth-order valence-electron chi connectivity index (χ4n) is 10.3. The van der Waals surface area contributed by atoms with Gasteiger partial charge in [-0.05, 0) is 82.3 Å². The van der Waals surface area contributed by atoms with Crippen LogP contribution in [0.5, 0.6) is 23.1 Å². The minimum Gasteiger partial charge on any atom is -0.507 e. The van der Waals surface area contributed by atoms with Crippen LogP contribution in [0.1, 0.15) is 168 Å². The van der Waals surface area contributed by atoms with Crippen LogP contribution in [0.15, 0.2) is 43.4 Å². The average Bonchev–Trinajstić information content (AvgIpc) is 3.21. The molecule has 5 aromatic carbocycles. The molecule has 0 unspecified atom stereocenters. The van der Waals surface area contributed by atoms with E-state index in [1.54, 1.807) is 0 Å². The van der Waals surface area contributed by atoms with Gasteiger partial charge >= 0.3 is 0 Å². The van der Waals surface area contributed by atoms with Gasteiger partial charge in [-0.1, -0.05) is 130 Å². The molecule has 0 aliphatic heterocycles. The summed E-state index contributed by atoms with van der Waals surface area (Å²) in [6.45, 7) is 8.52. The highest BCUT2D eigenvalue weighted by Crippen LogP contribution is 2.50. The number of benzene rings is 5. The third-order valence-electron chi connectivity index (χ3n) is 13.3. The first-order valence-corrected chi connectivity index (χ1v) is 22.9. The molecule has 7 aromatic rings. The standard InChI is InChI=1S/C50H62N2O8/c1-5-9-13-17-21-29(22-18-14-10-6-2)51-47(57)41-35(53)25-31-33-27-37(55)43-46-40(33)34(32-26-36(54)42(48(51)58)45(41)39(31)32)28-38(56)44(46)50(60)52(49(43)59)30(23-19-15-11-7-3)24-20-16-12-8-4/h25-30,53-55,60H,5-24H2,1-4H3. The highest BCUT2D eigenvalue weighted by molar-refractivity contribution is 6.41. The van der Waals surface area contributed by atoms with Crippen LogP contribution < -0.4 is 22.1 Å². The fraction of sp³-hybridized carbons (Fsp3) is 0.520. The van der Waals surface area contributed by atoms with Gasteiger partial charge in [-0.2, -0.15) is 0 Å². The van der Waals surface area contributed by atoms with Crippen molar-refractivity contribution in [3.8, 4) is 23.1 Å². The van der Waals surface area contributed by atoms with Crippen LogP contribution in [0.4, 0.5) is 0 Å². The summed E-state index contributed by atoms with van der Waals surface area (Å²) < 4.78 is 2.57. The molecular weight excluding hydrogens is 757 g/mol. The van der Waals surface area contributed by atoms with Crippen molar-refractivity contribution in [3.63, 3.8) is 0 Å². The summed E-state index contributed by atoms with van der Waals surface area (Å²) in [7, 11) is 0. The van der Waals surface area contributed by atoms with Crippen molar-refractivity contribution >= 4 is 64.6 Å². The first-order chi connectivity index (χ1) is 29.0. The number of hydrogen-bond acceptors (Lipinski definition) is 8. The fourth-order valence-corrected chi connectivity index (χ4v) is 10.3. The van der Waals surface area contributed by atoms with E-state index in [-0.39, 0.29) is 49.9 Å². The number of rotatable bonds is 22. The lowest BCUT2D eigenvalue weighted by Crippen LogP contribution is -2.37. The van der Waals surface area contributed by atoms with E-state index in [9.17, 15) is 39.6 Å². The lowest BCUT2D eigenvalue weighted by Gasteiger charge is -2.25. The molecular formula is C50H62N2O8. The zero-order valence-electron chi connectivity index (χ0n) is 35.9. The molecule has 7 rings (SSSR count). The lowest BCUT2D eigenvalue weighted by atomic mass is 9.85. The van der Waals surface area contributed by atoms with Crippen LogP contribution in [-0.2, 0) is 0 Å². The molecule has 0 radical (unpaired) electrons. The van der Waals surface area contributed by atoms with Crippen molar-refractivity contribution in [2.24, 2.45) is 0 Å². The maximum absolute atomic E-state index is 14.7. The molecule has 0 aliphatic rings. The van der Waals surface area contributed by atoms with Crippen LogP contribution in [0.3, 0.4) is 0 Å². The zero-order valence-corrected chi connectivity index (χ0v) is 35.9. The quantitative estimate of drug-likeness (QED) is 0.0299. The number of unbranched alkanes of at least 4 members (excludes halogenated alkanes) is 12. The number of aromatic hydroxyl groups is 4. The Labute approximate surface area is 350 Å². The summed E-state index contributed by atoms with van der Waals surface area (Å²) in [6, 6.07) is 4.89. The molecule has 0 aliphatic carbocycles. The van der Waals surface area contributed by atoms with E-state index in [1.165, 1.54) is 33.4 Å². The predicted molar refractivity (Wildman–Crippen MR) is 246 cm³/mol. The monoisotopic (exact) mass is 818 g/mol. The smallest absolute Gasteiger partial charge is 0.265 e. The summed E-state index contributed by atoms with van der Waals surface area (Å²) in [5, 5.41) is 49.6. The Morgan fingerprint density at radius 2 is 0.700 bits per heavy atom. The Kier molecular flexibility index (Phi) is 13.1. The minimum atomic E-state index is -0.628. The van der Waals surface area contributed by atoms with Gasteiger partial charge in [-0.3, -0.25) is 28.3 Å². The first kappa shape index (κ1) is 43.0. The van der Waals surface area contributed by atoms with Crippen molar-refractivity contribution in [2.45, 2.75) is 168 Å². The molecule has 0 amide bonds. The third kappa shape index (κ3) is 7.38. The maximum Gasteiger partial charge on any atom is 0.265 e. The summed E-state index contributed by atoms with van der Waals surface area (Å²) in [5.74, 6) is -1.59. The molecule has 10 nitrogen and oxygen atoms in total. The molecule has 0 atom stereocenters. The van der Waals surface area contributed by atoms with Crippen molar-refractivity contribution in [1.82, 2.24) is 9.13 Å². The minimum absolute atomic E-state index is 0.0833. The van der Waals surface area contributed by atoms with Crippen LogP contribution in [0.25, 0.3) is 64.6 Å². The van der Waals surface area contributed by atoms with E-state index in [4.69, 9.17) is 0 Å². The topological polar surface area (TPSA) is 159 Å². The number of pyridine rings is 2. The molecule has 320 valence electrons. The second kappa shape index (κ2) is 18.2. The Morgan fingerprint density at radius 3 is 1.07 bits per heavy atom. The van der Waals surface area contributed by atoms with E-state index < -0.39 is 39.8 Å². The maximum atomic E-state index is 14.7. The number of fused-ring (bicyclic) bond motifs is 2.